The molecule has 134 valence electrons. The highest BCUT2D eigenvalue weighted by atomic mass is 32.1. The third-order valence-corrected chi connectivity index (χ3v) is 4.56. The quantitative estimate of drug-likeness (QED) is 0.509. The van der Waals surface area contributed by atoms with Crippen molar-refractivity contribution < 1.29 is 19.1 Å². The van der Waals surface area contributed by atoms with Crippen molar-refractivity contribution >= 4 is 46.0 Å². The van der Waals surface area contributed by atoms with E-state index in [9.17, 15) is 9.59 Å². The van der Waals surface area contributed by atoms with Crippen LogP contribution >= 0.6 is 12.2 Å². The molecule has 26 heavy (non-hydrogen) atoms. The van der Waals surface area contributed by atoms with Crippen LogP contribution in [0.4, 0.5) is 0 Å². The molecular formula is C19H18N2O4S. The molecule has 1 N–H and O–H groups in total. The SMILES string of the molecule is CCN1C(=O)/C(=C/c2c(OC)ccc3ccc(OC)cc23)C(=O)NC1=S. The average Bonchev–Trinajstić information content (AvgIpc) is 2.64. The van der Waals surface area contributed by atoms with Gasteiger partial charge in [-0.1, -0.05) is 12.1 Å². The predicted molar refractivity (Wildman–Crippen MR) is 103 cm³/mol. The van der Waals surface area contributed by atoms with Gasteiger partial charge in [-0.3, -0.25) is 19.8 Å². The number of thiocarbonyl (C=S) groups is 1. The summed E-state index contributed by atoms with van der Waals surface area (Å²) in [4.78, 5) is 26.4. The van der Waals surface area contributed by atoms with Crippen molar-refractivity contribution in [1.29, 1.82) is 0 Å². The van der Waals surface area contributed by atoms with E-state index in [0.29, 0.717) is 23.6 Å². The first-order valence-corrected chi connectivity index (χ1v) is 8.44. The smallest absolute Gasteiger partial charge is 0.265 e. The maximum atomic E-state index is 12.7. The Labute approximate surface area is 156 Å². The molecule has 1 fully saturated rings. The molecule has 0 bridgehead atoms. The molecule has 0 radical (unpaired) electrons. The Morgan fingerprint density at radius 2 is 1.88 bits per heavy atom. The number of nitrogens with zero attached hydrogens (tertiary/aromatic N) is 1. The van der Waals surface area contributed by atoms with Crippen molar-refractivity contribution in [2.75, 3.05) is 20.8 Å². The zero-order chi connectivity index (χ0) is 18.8. The minimum atomic E-state index is -0.522. The number of rotatable bonds is 4. The molecule has 0 atom stereocenters. The number of methoxy groups -OCH3 is 2. The van der Waals surface area contributed by atoms with E-state index in [1.807, 2.05) is 24.3 Å². The summed E-state index contributed by atoms with van der Waals surface area (Å²) in [5.41, 5.74) is 0.639. The maximum Gasteiger partial charge on any atom is 0.265 e. The van der Waals surface area contributed by atoms with E-state index in [1.165, 1.54) is 4.90 Å². The molecule has 0 aromatic heterocycles. The van der Waals surface area contributed by atoms with Crippen LogP contribution in [0.15, 0.2) is 35.9 Å². The lowest BCUT2D eigenvalue weighted by Crippen LogP contribution is -2.53. The Kier molecular flexibility index (Phi) is 4.90. The highest BCUT2D eigenvalue weighted by Crippen LogP contribution is 2.33. The van der Waals surface area contributed by atoms with Gasteiger partial charge in [0.15, 0.2) is 5.11 Å². The van der Waals surface area contributed by atoms with Gasteiger partial charge in [0.25, 0.3) is 11.8 Å². The highest BCUT2D eigenvalue weighted by Gasteiger charge is 2.32. The topological polar surface area (TPSA) is 67.9 Å². The Hall–Kier alpha value is -2.93. The Balaban J connectivity index is 2.23. The molecule has 0 unspecified atom stereocenters. The molecule has 3 rings (SSSR count). The number of nitrogens with one attached hydrogen (secondary N) is 1. The summed E-state index contributed by atoms with van der Waals surface area (Å²) in [5, 5.41) is 4.42. The van der Waals surface area contributed by atoms with Gasteiger partial charge in [0.2, 0.25) is 0 Å². The van der Waals surface area contributed by atoms with E-state index in [1.54, 1.807) is 33.3 Å². The Morgan fingerprint density at radius 3 is 2.54 bits per heavy atom. The summed E-state index contributed by atoms with van der Waals surface area (Å²) in [6.07, 6.45) is 1.54. The lowest BCUT2D eigenvalue weighted by atomic mass is 9.99. The third-order valence-electron chi connectivity index (χ3n) is 4.24. The molecule has 7 heteroatoms. The molecule has 1 aliphatic heterocycles. The molecule has 0 saturated carbocycles. The number of fused-ring (bicyclic) bond motifs is 1. The molecule has 1 aliphatic rings. The molecule has 1 heterocycles. The first kappa shape index (κ1) is 17.9. The third kappa shape index (κ3) is 3.01. The molecule has 1 saturated heterocycles. The second-order valence-electron chi connectivity index (χ2n) is 5.64. The first-order chi connectivity index (χ1) is 12.5. The van der Waals surface area contributed by atoms with Gasteiger partial charge in [-0.25, -0.2) is 0 Å². The standard InChI is InChI=1S/C19H18N2O4S/c1-4-21-18(23)15(17(22)20-19(21)26)10-14-13-9-12(24-2)7-5-11(13)6-8-16(14)25-3/h5-10H,4H2,1-3H3,(H,20,22,26)/b15-10+. The molecule has 2 aromatic rings. The maximum absolute atomic E-state index is 12.7. The molecule has 6 nitrogen and oxygen atoms in total. The van der Waals surface area contributed by atoms with Crippen LogP contribution < -0.4 is 14.8 Å². The lowest BCUT2D eigenvalue weighted by molar-refractivity contribution is -0.128. The summed E-state index contributed by atoms with van der Waals surface area (Å²) >= 11 is 5.06. The van der Waals surface area contributed by atoms with Crippen molar-refractivity contribution in [3.63, 3.8) is 0 Å². The number of hydrogen-bond acceptors (Lipinski definition) is 5. The van der Waals surface area contributed by atoms with Gasteiger partial charge in [0.1, 0.15) is 17.1 Å². The molecule has 2 amide bonds. The normalized spacial score (nSPS) is 16.2. The second-order valence-corrected chi connectivity index (χ2v) is 6.02. The average molecular weight is 370 g/mol. The van der Waals surface area contributed by atoms with Gasteiger partial charge in [-0.2, -0.15) is 0 Å². The van der Waals surface area contributed by atoms with Gasteiger partial charge in [-0.15, -0.1) is 0 Å². The van der Waals surface area contributed by atoms with Crippen LogP contribution in [0.2, 0.25) is 0 Å². The monoisotopic (exact) mass is 370 g/mol. The van der Waals surface area contributed by atoms with E-state index >= 15 is 0 Å². The van der Waals surface area contributed by atoms with Gasteiger partial charge < -0.3 is 9.47 Å². The first-order valence-electron chi connectivity index (χ1n) is 8.03. The summed E-state index contributed by atoms with van der Waals surface area (Å²) < 4.78 is 10.7. The number of carbonyl (C=O) groups is 2. The minimum Gasteiger partial charge on any atom is -0.497 e. The van der Waals surface area contributed by atoms with Crippen molar-refractivity contribution in [2.24, 2.45) is 0 Å². The summed E-state index contributed by atoms with van der Waals surface area (Å²) in [6, 6.07) is 9.31. The Morgan fingerprint density at radius 1 is 1.15 bits per heavy atom. The van der Waals surface area contributed by atoms with Crippen LogP contribution in [0.25, 0.3) is 16.8 Å². The van der Waals surface area contributed by atoms with Gasteiger partial charge >= 0.3 is 0 Å². The van der Waals surface area contributed by atoms with Crippen LogP contribution in [0.1, 0.15) is 12.5 Å². The van der Waals surface area contributed by atoms with Gasteiger partial charge in [-0.05, 0) is 54.2 Å². The summed E-state index contributed by atoms with van der Waals surface area (Å²) in [5.74, 6) is 0.270. The minimum absolute atomic E-state index is 0.00840. The van der Waals surface area contributed by atoms with Crippen LogP contribution in [-0.4, -0.2) is 42.6 Å². The number of hydrogen-bond donors (Lipinski definition) is 1. The number of benzene rings is 2. The zero-order valence-corrected chi connectivity index (χ0v) is 15.5. The van der Waals surface area contributed by atoms with E-state index in [0.717, 1.165) is 10.8 Å². The predicted octanol–water partition coefficient (Wildman–Crippen LogP) is 2.50. The van der Waals surface area contributed by atoms with Crippen molar-refractivity contribution in [3.05, 3.63) is 41.5 Å². The van der Waals surface area contributed by atoms with E-state index in [4.69, 9.17) is 21.7 Å². The fraction of sp³-hybridized carbons (Fsp3) is 0.211. The Bertz CT molecular complexity index is 947. The van der Waals surface area contributed by atoms with Crippen molar-refractivity contribution in [3.8, 4) is 11.5 Å². The van der Waals surface area contributed by atoms with Crippen molar-refractivity contribution in [1.82, 2.24) is 10.2 Å². The zero-order valence-electron chi connectivity index (χ0n) is 14.7. The molecule has 2 aromatic carbocycles. The van der Waals surface area contributed by atoms with E-state index in [2.05, 4.69) is 5.32 Å². The van der Waals surface area contributed by atoms with E-state index < -0.39 is 11.8 Å². The number of amides is 2. The van der Waals surface area contributed by atoms with E-state index in [-0.39, 0.29) is 10.7 Å². The van der Waals surface area contributed by atoms with Crippen LogP contribution in [0, 0.1) is 0 Å². The number of ether oxygens (including phenoxy) is 2. The van der Waals surface area contributed by atoms with Crippen LogP contribution in [0.3, 0.4) is 0 Å². The highest BCUT2D eigenvalue weighted by molar-refractivity contribution is 7.80. The van der Waals surface area contributed by atoms with Gasteiger partial charge in [0.05, 0.1) is 14.2 Å². The second kappa shape index (κ2) is 7.13. The van der Waals surface area contributed by atoms with Crippen molar-refractivity contribution in [2.45, 2.75) is 6.92 Å². The lowest BCUT2D eigenvalue weighted by Gasteiger charge is -2.27. The summed E-state index contributed by atoms with van der Waals surface area (Å²) in [7, 11) is 3.12. The molecular weight excluding hydrogens is 352 g/mol. The van der Waals surface area contributed by atoms with Gasteiger partial charge in [0, 0.05) is 12.1 Å². The largest absolute Gasteiger partial charge is 0.497 e. The number of likely N-dealkylation sites (N-methyl/N-ethyl adjacent to an activating group) is 1. The molecule has 0 aliphatic carbocycles. The summed E-state index contributed by atoms with van der Waals surface area (Å²) in [6.45, 7) is 2.17. The number of carbonyl (C=O) groups excluding carboxylic acids is 2. The molecule has 0 spiro atoms. The fourth-order valence-corrected chi connectivity index (χ4v) is 3.19. The van der Waals surface area contributed by atoms with Crippen LogP contribution in [-0.2, 0) is 9.59 Å². The fourth-order valence-electron chi connectivity index (χ4n) is 2.88. The van der Waals surface area contributed by atoms with Crippen LogP contribution in [0.5, 0.6) is 11.5 Å².